The Hall–Kier alpha value is -1.20. The summed E-state index contributed by atoms with van der Waals surface area (Å²) in [6, 6.07) is 9.40. The number of likely N-dealkylation sites (tertiary alicyclic amines) is 1. The van der Waals surface area contributed by atoms with Gasteiger partial charge in [0.25, 0.3) is 0 Å². The number of rotatable bonds is 8. The first-order chi connectivity index (χ1) is 12.2. The van der Waals surface area contributed by atoms with E-state index in [0.29, 0.717) is 6.04 Å². The van der Waals surface area contributed by atoms with Crippen molar-refractivity contribution in [2.24, 2.45) is 4.99 Å². The van der Waals surface area contributed by atoms with Crippen LogP contribution in [0.25, 0.3) is 0 Å². The number of nitrogens with zero attached hydrogens (tertiary/aromatic N) is 2. The molecule has 1 aromatic rings. The molecule has 1 aliphatic heterocycles. The molecule has 0 spiro atoms. The minimum Gasteiger partial charge on any atom is -0.356 e. The number of piperidine rings is 1. The third-order valence-corrected chi connectivity index (χ3v) is 5.41. The number of benzene rings is 1. The van der Waals surface area contributed by atoms with E-state index in [2.05, 4.69) is 58.0 Å². The van der Waals surface area contributed by atoms with Crippen molar-refractivity contribution in [2.75, 3.05) is 38.7 Å². The van der Waals surface area contributed by atoms with E-state index in [0.717, 1.165) is 32.1 Å². The lowest BCUT2D eigenvalue weighted by Gasteiger charge is -2.33. The summed E-state index contributed by atoms with van der Waals surface area (Å²) in [7, 11) is 1.87. The Kier molecular flexibility index (Phi) is 9.19. The zero-order chi connectivity index (χ0) is 17.9. The normalized spacial score (nSPS) is 16.8. The van der Waals surface area contributed by atoms with Crippen LogP contribution in [0.15, 0.2) is 29.3 Å². The van der Waals surface area contributed by atoms with Gasteiger partial charge in [0.05, 0.1) is 0 Å². The Balaban J connectivity index is 1.66. The fourth-order valence-electron chi connectivity index (χ4n) is 3.27. The van der Waals surface area contributed by atoms with Crippen LogP contribution in [0, 0.1) is 6.92 Å². The van der Waals surface area contributed by atoms with Gasteiger partial charge in [-0.15, -0.1) is 0 Å². The summed E-state index contributed by atoms with van der Waals surface area (Å²) in [5.74, 6) is 2.20. The van der Waals surface area contributed by atoms with Crippen LogP contribution >= 0.6 is 11.8 Å². The molecular formula is C20H34N4S. The molecule has 0 saturated carbocycles. The Morgan fingerprint density at radius 3 is 2.76 bits per heavy atom. The standard InChI is InChI=1S/C20H34N4S/c1-17-7-6-8-18(15-17)16-24-12-9-19(10-13-24)23-20(21-2)22-11-4-5-14-25-3/h6-8,15,19H,4-5,9-14,16H2,1-3H3,(H2,21,22,23). The molecule has 1 saturated heterocycles. The fraction of sp³-hybridized carbons (Fsp3) is 0.650. The topological polar surface area (TPSA) is 39.7 Å². The monoisotopic (exact) mass is 362 g/mol. The molecule has 0 radical (unpaired) electrons. The summed E-state index contributed by atoms with van der Waals surface area (Å²) in [4.78, 5) is 6.93. The minimum atomic E-state index is 0.533. The van der Waals surface area contributed by atoms with Gasteiger partial charge < -0.3 is 10.6 Å². The van der Waals surface area contributed by atoms with Gasteiger partial charge in [-0.05, 0) is 50.2 Å². The molecule has 0 amide bonds. The first-order valence-electron chi connectivity index (χ1n) is 9.45. The van der Waals surface area contributed by atoms with Crippen LogP contribution in [-0.4, -0.2) is 55.6 Å². The van der Waals surface area contributed by atoms with Crippen LogP contribution in [-0.2, 0) is 6.54 Å². The minimum absolute atomic E-state index is 0.533. The van der Waals surface area contributed by atoms with Gasteiger partial charge >= 0.3 is 0 Å². The van der Waals surface area contributed by atoms with Crippen LogP contribution in [0.2, 0.25) is 0 Å². The van der Waals surface area contributed by atoms with Gasteiger partial charge in [0.2, 0.25) is 0 Å². The molecule has 1 aliphatic rings. The smallest absolute Gasteiger partial charge is 0.191 e. The quantitative estimate of drug-likeness (QED) is 0.423. The molecule has 5 heteroatoms. The summed E-state index contributed by atoms with van der Waals surface area (Å²) in [6.45, 7) is 6.54. The van der Waals surface area contributed by atoms with Gasteiger partial charge in [0.15, 0.2) is 5.96 Å². The molecule has 0 aliphatic carbocycles. The second-order valence-corrected chi connectivity index (χ2v) is 7.87. The average molecular weight is 363 g/mol. The van der Waals surface area contributed by atoms with Crippen molar-refractivity contribution in [1.82, 2.24) is 15.5 Å². The molecule has 1 fully saturated rings. The highest BCUT2D eigenvalue weighted by molar-refractivity contribution is 7.98. The number of unbranched alkanes of at least 4 members (excludes halogenated alkanes) is 1. The summed E-state index contributed by atoms with van der Waals surface area (Å²) in [5.41, 5.74) is 2.77. The van der Waals surface area contributed by atoms with Crippen LogP contribution in [0.3, 0.4) is 0 Å². The average Bonchev–Trinajstić information content (AvgIpc) is 2.62. The maximum Gasteiger partial charge on any atom is 0.191 e. The largest absolute Gasteiger partial charge is 0.356 e. The van der Waals surface area contributed by atoms with Crippen LogP contribution in [0.5, 0.6) is 0 Å². The Labute approximate surface area is 157 Å². The van der Waals surface area contributed by atoms with Gasteiger partial charge in [0.1, 0.15) is 0 Å². The predicted octanol–water partition coefficient (Wildman–Crippen LogP) is 3.27. The zero-order valence-corrected chi connectivity index (χ0v) is 16.9. The van der Waals surface area contributed by atoms with E-state index < -0.39 is 0 Å². The SMILES string of the molecule is CN=C(NCCCCSC)NC1CCN(Cc2cccc(C)c2)CC1. The summed E-state index contributed by atoms with van der Waals surface area (Å²) >= 11 is 1.92. The van der Waals surface area contributed by atoms with Crippen molar-refractivity contribution in [3.05, 3.63) is 35.4 Å². The number of hydrogen-bond donors (Lipinski definition) is 2. The highest BCUT2D eigenvalue weighted by atomic mass is 32.2. The van der Waals surface area contributed by atoms with Crippen molar-refractivity contribution < 1.29 is 0 Å². The summed E-state index contributed by atoms with van der Waals surface area (Å²) in [5, 5.41) is 7.05. The number of hydrogen-bond acceptors (Lipinski definition) is 3. The van der Waals surface area contributed by atoms with Gasteiger partial charge in [-0.1, -0.05) is 29.8 Å². The summed E-state index contributed by atoms with van der Waals surface area (Å²) in [6.07, 6.45) is 7.00. The lowest BCUT2D eigenvalue weighted by atomic mass is 10.0. The van der Waals surface area contributed by atoms with Crippen molar-refractivity contribution >= 4 is 17.7 Å². The van der Waals surface area contributed by atoms with Crippen molar-refractivity contribution in [2.45, 2.75) is 45.2 Å². The molecular weight excluding hydrogens is 328 g/mol. The first kappa shape index (κ1) is 20.1. The molecule has 0 atom stereocenters. The third-order valence-electron chi connectivity index (χ3n) is 4.71. The summed E-state index contributed by atoms with van der Waals surface area (Å²) < 4.78 is 0. The molecule has 0 unspecified atom stereocenters. The second-order valence-electron chi connectivity index (χ2n) is 6.88. The number of nitrogens with one attached hydrogen (secondary N) is 2. The molecule has 0 bridgehead atoms. The molecule has 140 valence electrons. The molecule has 2 N–H and O–H groups in total. The van der Waals surface area contributed by atoms with E-state index in [-0.39, 0.29) is 0 Å². The molecule has 1 heterocycles. The van der Waals surface area contributed by atoms with Crippen molar-refractivity contribution in [3.8, 4) is 0 Å². The lowest BCUT2D eigenvalue weighted by Crippen LogP contribution is -2.48. The van der Waals surface area contributed by atoms with E-state index in [1.165, 1.54) is 42.6 Å². The fourth-order valence-corrected chi connectivity index (χ4v) is 3.76. The van der Waals surface area contributed by atoms with E-state index in [9.17, 15) is 0 Å². The maximum atomic E-state index is 4.37. The lowest BCUT2D eigenvalue weighted by molar-refractivity contribution is 0.198. The Morgan fingerprint density at radius 2 is 2.08 bits per heavy atom. The Bertz CT molecular complexity index is 524. The molecule has 25 heavy (non-hydrogen) atoms. The van der Waals surface area contributed by atoms with E-state index in [1.54, 1.807) is 0 Å². The maximum absolute atomic E-state index is 4.37. The van der Waals surface area contributed by atoms with E-state index >= 15 is 0 Å². The highest BCUT2D eigenvalue weighted by Gasteiger charge is 2.19. The third kappa shape index (κ3) is 7.70. The van der Waals surface area contributed by atoms with Crippen molar-refractivity contribution in [3.63, 3.8) is 0 Å². The number of aryl methyl sites for hydroxylation is 1. The number of thioether (sulfide) groups is 1. The molecule has 0 aromatic heterocycles. The number of guanidine groups is 1. The number of aliphatic imine (C=N–C) groups is 1. The van der Waals surface area contributed by atoms with Crippen molar-refractivity contribution in [1.29, 1.82) is 0 Å². The van der Waals surface area contributed by atoms with Crippen LogP contribution in [0.4, 0.5) is 0 Å². The Morgan fingerprint density at radius 1 is 1.28 bits per heavy atom. The zero-order valence-electron chi connectivity index (χ0n) is 16.1. The van der Waals surface area contributed by atoms with Gasteiger partial charge in [-0.25, -0.2) is 0 Å². The van der Waals surface area contributed by atoms with Crippen LogP contribution < -0.4 is 10.6 Å². The second kappa shape index (κ2) is 11.4. The van der Waals surface area contributed by atoms with Gasteiger partial charge in [0, 0.05) is 39.3 Å². The highest BCUT2D eigenvalue weighted by Crippen LogP contribution is 2.14. The molecule has 4 nitrogen and oxygen atoms in total. The van der Waals surface area contributed by atoms with Crippen LogP contribution in [0.1, 0.15) is 36.8 Å². The van der Waals surface area contributed by atoms with Gasteiger partial charge in [-0.3, -0.25) is 9.89 Å². The van der Waals surface area contributed by atoms with Gasteiger partial charge in [-0.2, -0.15) is 11.8 Å². The van der Waals surface area contributed by atoms with E-state index in [1.807, 2.05) is 18.8 Å². The molecule has 1 aromatic carbocycles. The van der Waals surface area contributed by atoms with E-state index in [4.69, 9.17) is 0 Å². The first-order valence-corrected chi connectivity index (χ1v) is 10.8. The molecule has 2 rings (SSSR count). The predicted molar refractivity (Wildman–Crippen MR) is 112 cm³/mol.